The molecule has 1 fully saturated rings. The lowest BCUT2D eigenvalue weighted by molar-refractivity contribution is 0.812. The highest BCUT2D eigenvalue weighted by molar-refractivity contribution is 6.64. The fraction of sp³-hybridized carbons (Fsp3) is 0.538. The molecule has 15 heavy (non-hydrogen) atoms. The van der Waals surface area contributed by atoms with E-state index >= 15 is 0 Å². The Hall–Kier alpha value is -0.763. The van der Waals surface area contributed by atoms with Crippen LogP contribution >= 0.6 is 0 Å². The fourth-order valence-electron chi connectivity index (χ4n) is 2.71. The zero-order chi connectivity index (χ0) is 10.7. The van der Waals surface area contributed by atoms with Gasteiger partial charge < -0.3 is 4.57 Å². The second-order valence-electron chi connectivity index (χ2n) is 4.77. The molecule has 1 aromatic carbocycles. The van der Waals surface area contributed by atoms with Crippen molar-refractivity contribution in [2.24, 2.45) is 0 Å². The van der Waals surface area contributed by atoms with Crippen LogP contribution in [0.15, 0.2) is 30.3 Å². The molecular weight excluding hydrogens is 198 g/mol. The van der Waals surface area contributed by atoms with Crippen molar-refractivity contribution in [1.29, 1.82) is 0 Å². The highest BCUT2D eigenvalue weighted by Gasteiger charge is 2.26. The van der Waals surface area contributed by atoms with E-state index in [9.17, 15) is 0 Å². The average Bonchev–Trinajstić information content (AvgIpc) is 2.72. The molecule has 0 saturated carbocycles. The normalized spacial score (nSPS) is 17.3. The first-order chi connectivity index (χ1) is 7.29. The van der Waals surface area contributed by atoms with Crippen molar-refractivity contribution >= 4 is 14.6 Å². The van der Waals surface area contributed by atoms with Gasteiger partial charge in [0.15, 0.2) is 0 Å². The largest absolute Gasteiger partial charge is 0.398 e. The van der Waals surface area contributed by atoms with E-state index in [4.69, 9.17) is 0 Å². The Kier molecular flexibility index (Phi) is 3.47. The molecule has 1 aliphatic rings. The molecule has 0 bridgehead atoms. The molecule has 2 heteroatoms. The predicted octanol–water partition coefficient (Wildman–Crippen LogP) is 3.42. The number of nitrogens with zero attached hydrogens (tertiary/aromatic N) is 1. The summed E-state index contributed by atoms with van der Waals surface area (Å²) >= 11 is 0. The first-order valence-electron chi connectivity index (χ1n) is 6.12. The Labute approximate surface area is 94.8 Å². The van der Waals surface area contributed by atoms with Gasteiger partial charge in [-0.3, -0.25) is 0 Å². The number of rotatable bonds is 3. The molecule has 0 amide bonds. The van der Waals surface area contributed by atoms with Gasteiger partial charge in [0.05, 0.1) is 0 Å². The van der Waals surface area contributed by atoms with Gasteiger partial charge in [-0.15, -0.1) is 0 Å². The van der Waals surface area contributed by atoms with Crippen LogP contribution in [0.1, 0.15) is 26.7 Å². The van der Waals surface area contributed by atoms with Gasteiger partial charge >= 0.3 is 0 Å². The number of hydrogen-bond acceptors (Lipinski definition) is 1. The quantitative estimate of drug-likeness (QED) is 0.704. The third-order valence-corrected chi connectivity index (χ3v) is 7.16. The molecule has 0 aliphatic carbocycles. The average molecular weight is 219 g/mol. The zero-order valence-electron chi connectivity index (χ0n) is 9.82. The van der Waals surface area contributed by atoms with Gasteiger partial charge in [-0.05, 0) is 38.1 Å². The minimum absolute atomic E-state index is 0.647. The lowest BCUT2D eigenvalue weighted by Crippen LogP contribution is -2.42. The summed E-state index contributed by atoms with van der Waals surface area (Å²) in [6.45, 7) is 4.66. The number of anilines is 1. The minimum Gasteiger partial charge on any atom is -0.398 e. The molecule has 1 aliphatic heterocycles. The van der Waals surface area contributed by atoms with Crippen LogP contribution in [0.25, 0.3) is 0 Å². The smallest absolute Gasteiger partial charge is 0.140 e. The van der Waals surface area contributed by atoms with Crippen LogP contribution in [0.2, 0.25) is 12.1 Å². The van der Waals surface area contributed by atoms with Gasteiger partial charge in [0, 0.05) is 11.7 Å². The van der Waals surface area contributed by atoms with Crippen LogP contribution in [0.5, 0.6) is 0 Å². The molecule has 0 spiro atoms. The van der Waals surface area contributed by atoms with Gasteiger partial charge in [0.25, 0.3) is 0 Å². The molecule has 1 aromatic rings. The summed E-state index contributed by atoms with van der Waals surface area (Å²) in [5, 5.41) is 0. The summed E-state index contributed by atoms with van der Waals surface area (Å²) in [6, 6.07) is 14.7. The maximum atomic E-state index is 2.73. The van der Waals surface area contributed by atoms with Crippen LogP contribution < -0.4 is 4.57 Å². The molecule has 0 aromatic heterocycles. The van der Waals surface area contributed by atoms with Crippen molar-refractivity contribution in [3.05, 3.63) is 30.3 Å². The fourth-order valence-corrected chi connectivity index (χ4v) is 6.52. The lowest BCUT2D eigenvalue weighted by atomic mass is 10.3. The second-order valence-corrected chi connectivity index (χ2v) is 7.79. The van der Waals surface area contributed by atoms with Gasteiger partial charge in [0.1, 0.15) is 8.96 Å². The maximum Gasteiger partial charge on any atom is 0.140 e. The third kappa shape index (κ3) is 2.43. The molecular formula is C13H21NSi. The molecule has 1 saturated heterocycles. The Morgan fingerprint density at radius 3 is 2.20 bits per heavy atom. The molecule has 0 unspecified atom stereocenters. The van der Waals surface area contributed by atoms with Crippen LogP contribution in [0, 0.1) is 0 Å². The summed E-state index contributed by atoms with van der Waals surface area (Å²) in [5.74, 6) is 0. The molecule has 1 nitrogen and oxygen atoms in total. The summed E-state index contributed by atoms with van der Waals surface area (Å²) < 4.78 is 2.73. The molecule has 1 heterocycles. The summed E-state index contributed by atoms with van der Waals surface area (Å²) in [5.41, 5.74) is 1.45. The summed E-state index contributed by atoms with van der Waals surface area (Å²) in [7, 11) is -0.647. The van der Waals surface area contributed by atoms with E-state index in [0.717, 1.165) is 0 Å². The lowest BCUT2D eigenvalue weighted by Gasteiger charge is -2.34. The molecule has 0 radical (unpaired) electrons. The topological polar surface area (TPSA) is 3.24 Å². The number of para-hydroxylation sites is 1. The van der Waals surface area contributed by atoms with E-state index in [-0.39, 0.29) is 0 Å². The standard InChI is InChI=1S/C13H21NSi/c1-12(2)14(15-10-6-7-11-15)13-8-4-3-5-9-13/h3-5,8-9,12,15H,6-7,10-11H2,1-2H3. The second kappa shape index (κ2) is 4.84. The van der Waals surface area contributed by atoms with E-state index in [1.54, 1.807) is 0 Å². The van der Waals surface area contributed by atoms with Gasteiger partial charge in [0.2, 0.25) is 0 Å². The van der Waals surface area contributed by atoms with Crippen molar-refractivity contribution in [3.8, 4) is 0 Å². The minimum atomic E-state index is -0.647. The van der Waals surface area contributed by atoms with E-state index in [0.29, 0.717) is 6.04 Å². The third-order valence-electron chi connectivity index (χ3n) is 3.33. The van der Waals surface area contributed by atoms with Gasteiger partial charge in [-0.25, -0.2) is 0 Å². The maximum absolute atomic E-state index is 2.73. The Balaban J connectivity index is 2.19. The number of benzene rings is 1. The summed E-state index contributed by atoms with van der Waals surface area (Å²) in [4.78, 5) is 0. The van der Waals surface area contributed by atoms with Crippen molar-refractivity contribution in [2.75, 3.05) is 4.57 Å². The Morgan fingerprint density at radius 2 is 1.67 bits per heavy atom. The molecule has 0 N–H and O–H groups in total. The van der Waals surface area contributed by atoms with Gasteiger partial charge in [-0.2, -0.15) is 0 Å². The van der Waals surface area contributed by atoms with Crippen LogP contribution in [0.4, 0.5) is 5.69 Å². The predicted molar refractivity (Wildman–Crippen MR) is 70.1 cm³/mol. The van der Waals surface area contributed by atoms with Crippen molar-refractivity contribution in [1.82, 2.24) is 0 Å². The van der Waals surface area contributed by atoms with Gasteiger partial charge in [-0.1, -0.05) is 31.0 Å². The summed E-state index contributed by atoms with van der Waals surface area (Å²) in [6.07, 6.45) is 2.93. The van der Waals surface area contributed by atoms with E-state index in [2.05, 4.69) is 48.7 Å². The van der Waals surface area contributed by atoms with E-state index in [1.807, 2.05) is 0 Å². The first-order valence-corrected chi connectivity index (χ1v) is 8.27. The molecule has 82 valence electrons. The Morgan fingerprint density at radius 1 is 1.07 bits per heavy atom. The van der Waals surface area contributed by atoms with Crippen LogP contribution in [-0.4, -0.2) is 15.0 Å². The Bertz CT molecular complexity index is 291. The van der Waals surface area contributed by atoms with Crippen molar-refractivity contribution in [3.63, 3.8) is 0 Å². The van der Waals surface area contributed by atoms with E-state index < -0.39 is 8.96 Å². The highest BCUT2D eigenvalue weighted by atomic mass is 28.3. The monoisotopic (exact) mass is 219 g/mol. The molecule has 2 rings (SSSR count). The SMILES string of the molecule is CC(C)N(c1ccccc1)[SiH]1CCCC1. The highest BCUT2D eigenvalue weighted by Crippen LogP contribution is 2.28. The van der Waals surface area contributed by atoms with Crippen molar-refractivity contribution in [2.45, 2.75) is 44.8 Å². The van der Waals surface area contributed by atoms with Crippen LogP contribution in [0.3, 0.4) is 0 Å². The number of hydrogen-bond donors (Lipinski definition) is 0. The molecule has 0 atom stereocenters. The van der Waals surface area contributed by atoms with E-state index in [1.165, 1.54) is 30.6 Å². The van der Waals surface area contributed by atoms with Crippen molar-refractivity contribution < 1.29 is 0 Å². The zero-order valence-corrected chi connectivity index (χ0v) is 11.0. The first kappa shape index (κ1) is 10.7. The van der Waals surface area contributed by atoms with Crippen LogP contribution in [-0.2, 0) is 0 Å².